The minimum absolute atomic E-state index is 0.00827. The van der Waals surface area contributed by atoms with Crippen molar-refractivity contribution < 1.29 is 9.53 Å². The Balaban J connectivity index is 2.31. The molecule has 2 unspecified atom stereocenters. The average molecular weight is 319 g/mol. The molecule has 5 heteroatoms. The molecule has 128 valence electrons. The van der Waals surface area contributed by atoms with Gasteiger partial charge in [-0.3, -0.25) is 4.79 Å². The zero-order chi connectivity index (χ0) is 17.1. The Bertz CT molecular complexity index is 557. The van der Waals surface area contributed by atoms with Crippen molar-refractivity contribution in [3.8, 4) is 5.75 Å². The quantitative estimate of drug-likeness (QED) is 0.875. The van der Waals surface area contributed by atoms with Gasteiger partial charge in [-0.1, -0.05) is 19.9 Å². The minimum Gasteiger partial charge on any atom is -0.479 e. The van der Waals surface area contributed by atoms with E-state index in [0.717, 1.165) is 30.0 Å². The smallest absolute Gasteiger partial charge is 0.267 e. The van der Waals surface area contributed by atoms with Crippen molar-refractivity contribution in [2.24, 2.45) is 11.7 Å². The summed E-state index contributed by atoms with van der Waals surface area (Å²) in [6, 6.07) is 5.95. The first-order valence-electron chi connectivity index (χ1n) is 8.32. The molecule has 0 saturated carbocycles. The second-order valence-corrected chi connectivity index (χ2v) is 7.02. The molecule has 1 aromatic rings. The summed E-state index contributed by atoms with van der Waals surface area (Å²) in [4.78, 5) is 16.4. The molecule has 0 spiro atoms. The molecule has 1 heterocycles. The third-order valence-electron chi connectivity index (χ3n) is 4.12. The fraction of sp³-hybridized carbons (Fsp3) is 0.611. The van der Waals surface area contributed by atoms with Crippen LogP contribution in [0.25, 0.3) is 0 Å². The lowest BCUT2D eigenvalue weighted by atomic mass is 9.97. The number of carbonyl (C=O) groups is 1. The lowest BCUT2D eigenvalue weighted by Crippen LogP contribution is -2.47. The molecule has 1 aromatic carbocycles. The highest BCUT2D eigenvalue weighted by Gasteiger charge is 2.31. The number of ether oxygens (including phenoxy) is 1. The van der Waals surface area contributed by atoms with E-state index in [0.29, 0.717) is 12.5 Å². The van der Waals surface area contributed by atoms with Gasteiger partial charge in [-0.25, -0.2) is 0 Å². The van der Waals surface area contributed by atoms with Crippen molar-refractivity contribution in [2.45, 2.75) is 39.3 Å². The second kappa shape index (κ2) is 7.32. The van der Waals surface area contributed by atoms with E-state index in [1.54, 1.807) is 6.92 Å². The van der Waals surface area contributed by atoms with Crippen molar-refractivity contribution in [1.29, 1.82) is 0 Å². The van der Waals surface area contributed by atoms with E-state index in [1.807, 2.05) is 37.2 Å². The molecular formula is C18H29N3O2. The third-order valence-corrected chi connectivity index (χ3v) is 4.12. The molecule has 5 nitrogen and oxygen atoms in total. The van der Waals surface area contributed by atoms with Gasteiger partial charge in [0, 0.05) is 19.1 Å². The van der Waals surface area contributed by atoms with Gasteiger partial charge in [-0.15, -0.1) is 0 Å². The van der Waals surface area contributed by atoms with Crippen LogP contribution in [0.5, 0.6) is 5.75 Å². The third kappa shape index (κ3) is 4.24. The van der Waals surface area contributed by atoms with E-state index in [2.05, 4.69) is 18.7 Å². The number of anilines is 1. The summed E-state index contributed by atoms with van der Waals surface area (Å²) < 4.78 is 5.75. The zero-order valence-corrected chi connectivity index (χ0v) is 14.9. The van der Waals surface area contributed by atoms with Crippen molar-refractivity contribution >= 4 is 11.6 Å². The van der Waals surface area contributed by atoms with E-state index in [9.17, 15) is 4.79 Å². The number of hydrogen-bond acceptors (Lipinski definition) is 4. The van der Waals surface area contributed by atoms with Crippen LogP contribution in [0.3, 0.4) is 0 Å². The van der Waals surface area contributed by atoms with Crippen LogP contribution in [0.2, 0.25) is 0 Å². The molecule has 0 radical (unpaired) electrons. The number of nitrogens with two attached hydrogens (primary N) is 1. The second-order valence-electron chi connectivity index (χ2n) is 7.02. The van der Waals surface area contributed by atoms with Crippen LogP contribution in [0.4, 0.5) is 5.69 Å². The highest BCUT2D eigenvalue weighted by atomic mass is 16.5. The van der Waals surface area contributed by atoms with Gasteiger partial charge >= 0.3 is 0 Å². The van der Waals surface area contributed by atoms with Gasteiger partial charge in [0.2, 0.25) is 0 Å². The van der Waals surface area contributed by atoms with Crippen LogP contribution in [-0.2, 0) is 4.79 Å². The largest absolute Gasteiger partial charge is 0.479 e. The first-order valence-corrected chi connectivity index (χ1v) is 8.32. The monoisotopic (exact) mass is 319 g/mol. The topological polar surface area (TPSA) is 58.8 Å². The minimum atomic E-state index is -0.445. The van der Waals surface area contributed by atoms with Crippen molar-refractivity contribution in [3.63, 3.8) is 0 Å². The number of rotatable bonds is 6. The van der Waals surface area contributed by atoms with Gasteiger partial charge in [-0.2, -0.15) is 0 Å². The normalized spacial score (nSPS) is 19.0. The molecule has 2 rings (SSSR count). The van der Waals surface area contributed by atoms with Crippen LogP contribution in [0.15, 0.2) is 18.2 Å². The summed E-state index contributed by atoms with van der Waals surface area (Å²) in [6.45, 7) is 7.58. The van der Waals surface area contributed by atoms with Gasteiger partial charge < -0.3 is 20.3 Å². The Morgan fingerprint density at radius 3 is 2.65 bits per heavy atom. The SMILES string of the molecule is CC(C)CC(N)c1ccc2c(c1)N(CCN(C)C)C(=O)C(C)O2. The first kappa shape index (κ1) is 17.8. The fourth-order valence-electron chi connectivity index (χ4n) is 2.83. The highest BCUT2D eigenvalue weighted by molar-refractivity contribution is 5.99. The lowest BCUT2D eigenvalue weighted by molar-refractivity contribution is -0.125. The van der Waals surface area contributed by atoms with E-state index in [4.69, 9.17) is 10.5 Å². The molecule has 2 atom stereocenters. The summed E-state index contributed by atoms with van der Waals surface area (Å²) in [7, 11) is 4.01. The first-order chi connectivity index (χ1) is 10.8. The van der Waals surface area contributed by atoms with Gasteiger partial charge in [0.05, 0.1) is 5.69 Å². The van der Waals surface area contributed by atoms with Crippen molar-refractivity contribution in [3.05, 3.63) is 23.8 Å². The Kier molecular flexibility index (Phi) is 5.65. The summed E-state index contributed by atoms with van der Waals surface area (Å²) in [5.74, 6) is 1.30. The van der Waals surface area contributed by atoms with Crippen LogP contribution in [0, 0.1) is 5.92 Å². The lowest BCUT2D eigenvalue weighted by Gasteiger charge is -2.34. The predicted octanol–water partition coefficient (Wildman–Crippen LogP) is 2.41. The molecule has 23 heavy (non-hydrogen) atoms. The van der Waals surface area contributed by atoms with Gasteiger partial charge in [0.25, 0.3) is 5.91 Å². The maximum Gasteiger partial charge on any atom is 0.267 e. The van der Waals surface area contributed by atoms with Crippen LogP contribution in [-0.4, -0.2) is 44.1 Å². The maximum atomic E-state index is 12.5. The molecular weight excluding hydrogens is 290 g/mol. The Morgan fingerprint density at radius 1 is 1.35 bits per heavy atom. The van der Waals surface area contributed by atoms with E-state index in [1.165, 1.54) is 0 Å². The number of amides is 1. The van der Waals surface area contributed by atoms with Crippen LogP contribution >= 0.6 is 0 Å². The summed E-state index contributed by atoms with van der Waals surface area (Å²) >= 11 is 0. The van der Waals surface area contributed by atoms with Gasteiger partial charge in [0.15, 0.2) is 6.10 Å². The Hall–Kier alpha value is -1.59. The number of fused-ring (bicyclic) bond motifs is 1. The fourth-order valence-corrected chi connectivity index (χ4v) is 2.83. The predicted molar refractivity (Wildman–Crippen MR) is 93.8 cm³/mol. The molecule has 0 aromatic heterocycles. The molecule has 1 aliphatic rings. The standard InChI is InChI=1S/C18H29N3O2/c1-12(2)10-15(19)14-6-7-17-16(11-14)21(9-8-20(4)5)18(22)13(3)23-17/h6-7,11-13,15H,8-10,19H2,1-5H3. The van der Waals surface area contributed by atoms with Crippen molar-refractivity contribution in [2.75, 3.05) is 32.1 Å². The Labute approximate surface area is 139 Å². The van der Waals surface area contributed by atoms with Crippen LogP contribution < -0.4 is 15.4 Å². The molecule has 1 aliphatic heterocycles. The summed E-state index contributed by atoms with van der Waals surface area (Å²) in [5, 5.41) is 0. The number of carbonyl (C=O) groups excluding carboxylic acids is 1. The number of nitrogens with zero attached hydrogens (tertiary/aromatic N) is 2. The average Bonchev–Trinajstić information content (AvgIpc) is 2.46. The van der Waals surface area contributed by atoms with E-state index < -0.39 is 6.10 Å². The van der Waals surface area contributed by atoms with E-state index in [-0.39, 0.29) is 11.9 Å². The van der Waals surface area contributed by atoms with E-state index >= 15 is 0 Å². The van der Waals surface area contributed by atoms with Gasteiger partial charge in [-0.05, 0) is 51.1 Å². The maximum absolute atomic E-state index is 12.5. The van der Waals surface area contributed by atoms with Gasteiger partial charge in [0.1, 0.15) is 5.75 Å². The summed E-state index contributed by atoms with van der Waals surface area (Å²) in [6.07, 6.45) is 0.474. The zero-order valence-electron chi connectivity index (χ0n) is 14.9. The molecule has 1 amide bonds. The van der Waals surface area contributed by atoms with Crippen molar-refractivity contribution in [1.82, 2.24) is 4.90 Å². The number of likely N-dealkylation sites (N-methyl/N-ethyl adjacent to an activating group) is 1. The number of benzene rings is 1. The summed E-state index contributed by atoms with van der Waals surface area (Å²) in [5.41, 5.74) is 8.20. The molecule has 2 N–H and O–H groups in total. The van der Waals surface area contributed by atoms with Crippen LogP contribution in [0.1, 0.15) is 38.8 Å². The molecule has 0 fully saturated rings. The molecule has 0 aliphatic carbocycles. The molecule has 0 saturated heterocycles. The number of hydrogen-bond donors (Lipinski definition) is 1. The highest BCUT2D eigenvalue weighted by Crippen LogP contribution is 2.36. The molecule has 0 bridgehead atoms. The Morgan fingerprint density at radius 2 is 2.04 bits per heavy atom.